The fourth-order valence-electron chi connectivity index (χ4n) is 2.96. The van der Waals surface area contributed by atoms with Crippen molar-refractivity contribution >= 4 is 15.7 Å². The number of hydrogen-bond acceptors (Lipinski definition) is 5. The van der Waals surface area contributed by atoms with Crippen LogP contribution in [0.3, 0.4) is 0 Å². The number of amides is 1. The van der Waals surface area contributed by atoms with Gasteiger partial charge in [-0.1, -0.05) is 17.7 Å². The van der Waals surface area contributed by atoms with Crippen LogP contribution in [0.15, 0.2) is 24.3 Å². The highest BCUT2D eigenvalue weighted by atomic mass is 32.2. The summed E-state index contributed by atoms with van der Waals surface area (Å²) in [4.78, 5) is 14.3. The molecule has 134 valence electrons. The Kier molecular flexibility index (Phi) is 5.87. The van der Waals surface area contributed by atoms with E-state index >= 15 is 0 Å². The molecule has 0 radical (unpaired) electrons. The molecule has 0 unspecified atom stereocenters. The Morgan fingerprint density at radius 1 is 1.25 bits per heavy atom. The van der Waals surface area contributed by atoms with Crippen molar-refractivity contribution in [3.63, 3.8) is 0 Å². The average Bonchev–Trinajstić information content (AvgIpc) is 2.55. The first-order chi connectivity index (χ1) is 11.3. The predicted molar refractivity (Wildman–Crippen MR) is 94.0 cm³/mol. The van der Waals surface area contributed by atoms with Gasteiger partial charge in [-0.3, -0.25) is 4.79 Å². The number of benzene rings is 1. The molecule has 1 heterocycles. The largest absolute Gasteiger partial charge is 0.492 e. The van der Waals surface area contributed by atoms with Gasteiger partial charge in [-0.15, -0.1) is 0 Å². The zero-order valence-electron chi connectivity index (χ0n) is 14.5. The van der Waals surface area contributed by atoms with Crippen LogP contribution in [0.5, 0.6) is 5.75 Å². The number of aryl methyl sites for hydroxylation is 1. The van der Waals surface area contributed by atoms with Gasteiger partial charge in [0.15, 0.2) is 14.6 Å². The number of hydrogen-bond donors (Lipinski definition) is 1. The van der Waals surface area contributed by atoms with E-state index in [4.69, 9.17) is 4.74 Å². The summed E-state index contributed by atoms with van der Waals surface area (Å²) < 4.78 is 28.9. The van der Waals surface area contributed by atoms with E-state index in [-0.39, 0.29) is 5.91 Å². The second-order valence-corrected chi connectivity index (χ2v) is 8.73. The lowest BCUT2D eigenvalue weighted by Gasteiger charge is -2.37. The molecule has 0 spiro atoms. The summed E-state index contributed by atoms with van der Waals surface area (Å²) >= 11 is 0. The van der Waals surface area contributed by atoms with Gasteiger partial charge in [0.1, 0.15) is 12.4 Å². The summed E-state index contributed by atoms with van der Waals surface area (Å²) in [6, 6.07) is 7.67. The lowest BCUT2D eigenvalue weighted by Crippen LogP contribution is -2.57. The zero-order chi connectivity index (χ0) is 17.8. The normalized spacial score (nSPS) is 17.3. The van der Waals surface area contributed by atoms with Gasteiger partial charge in [-0.25, -0.2) is 8.42 Å². The van der Waals surface area contributed by atoms with E-state index in [2.05, 4.69) is 5.32 Å². The van der Waals surface area contributed by atoms with Crippen LogP contribution in [0.4, 0.5) is 0 Å². The van der Waals surface area contributed by atoms with Crippen LogP contribution < -0.4 is 10.1 Å². The standard InChI is InChI=1S/C17H26N2O4S/c1-14-4-6-15(7-5-14)23-13-12-19(2)16(20)17(24(3,21)22)8-10-18-11-9-17/h4-7,18H,8-13H2,1-3H3. The molecular weight excluding hydrogens is 328 g/mol. The fourth-order valence-corrected chi connectivity index (χ4v) is 4.38. The van der Waals surface area contributed by atoms with E-state index < -0.39 is 14.6 Å². The topological polar surface area (TPSA) is 75.7 Å². The van der Waals surface area contributed by atoms with E-state index in [1.807, 2.05) is 31.2 Å². The molecule has 1 aromatic rings. The minimum Gasteiger partial charge on any atom is -0.492 e. The number of likely N-dealkylation sites (N-methyl/N-ethyl adjacent to an activating group) is 1. The summed E-state index contributed by atoms with van der Waals surface area (Å²) in [6.45, 7) is 3.74. The maximum absolute atomic E-state index is 12.8. The van der Waals surface area contributed by atoms with Crippen LogP contribution in [0.1, 0.15) is 18.4 Å². The SMILES string of the molecule is Cc1ccc(OCCN(C)C(=O)C2(S(C)(=O)=O)CCNCC2)cc1. The molecule has 24 heavy (non-hydrogen) atoms. The van der Waals surface area contributed by atoms with Crippen molar-refractivity contribution in [3.8, 4) is 5.75 Å². The summed E-state index contributed by atoms with van der Waals surface area (Å²) in [6.07, 6.45) is 1.79. The summed E-state index contributed by atoms with van der Waals surface area (Å²) in [7, 11) is -1.85. The number of piperidine rings is 1. The van der Waals surface area contributed by atoms with Crippen molar-refractivity contribution in [2.75, 3.05) is 39.5 Å². The Labute approximate surface area is 144 Å². The second-order valence-electron chi connectivity index (χ2n) is 6.40. The van der Waals surface area contributed by atoms with Crippen LogP contribution in [-0.4, -0.2) is 63.5 Å². The molecule has 1 N–H and O–H groups in total. The first-order valence-electron chi connectivity index (χ1n) is 8.12. The lowest BCUT2D eigenvalue weighted by atomic mass is 9.95. The molecule has 0 aromatic heterocycles. The Hall–Kier alpha value is -1.60. The van der Waals surface area contributed by atoms with Gasteiger partial charge in [0, 0.05) is 13.3 Å². The van der Waals surface area contributed by atoms with Gasteiger partial charge in [-0.2, -0.15) is 0 Å². The van der Waals surface area contributed by atoms with E-state index in [0.717, 1.165) is 17.6 Å². The minimum atomic E-state index is -3.49. The van der Waals surface area contributed by atoms with E-state index in [0.29, 0.717) is 39.1 Å². The Morgan fingerprint density at radius 2 is 1.83 bits per heavy atom. The highest BCUT2D eigenvalue weighted by Gasteiger charge is 2.49. The number of nitrogens with one attached hydrogen (secondary N) is 1. The molecule has 0 atom stereocenters. The molecule has 1 amide bonds. The summed E-state index contributed by atoms with van der Waals surface area (Å²) in [5.74, 6) is 0.403. The molecule has 0 saturated carbocycles. The Bertz CT molecular complexity index is 664. The van der Waals surface area contributed by atoms with Crippen molar-refractivity contribution in [2.45, 2.75) is 24.5 Å². The van der Waals surface area contributed by atoms with Crippen molar-refractivity contribution in [2.24, 2.45) is 0 Å². The van der Waals surface area contributed by atoms with Crippen LogP contribution in [0, 0.1) is 6.92 Å². The second kappa shape index (κ2) is 7.53. The molecule has 1 aliphatic heterocycles. The first kappa shape index (κ1) is 18.7. The van der Waals surface area contributed by atoms with Gasteiger partial charge in [0.25, 0.3) is 0 Å². The maximum atomic E-state index is 12.8. The molecule has 0 bridgehead atoms. The van der Waals surface area contributed by atoms with Gasteiger partial charge < -0.3 is 15.0 Å². The zero-order valence-corrected chi connectivity index (χ0v) is 15.4. The minimum absolute atomic E-state index is 0.313. The van der Waals surface area contributed by atoms with Crippen LogP contribution in [0.2, 0.25) is 0 Å². The monoisotopic (exact) mass is 354 g/mol. The quantitative estimate of drug-likeness (QED) is 0.825. The molecule has 1 saturated heterocycles. The molecule has 2 rings (SSSR count). The molecule has 6 nitrogen and oxygen atoms in total. The van der Waals surface area contributed by atoms with Gasteiger partial charge in [0.05, 0.1) is 6.54 Å². The van der Waals surface area contributed by atoms with Crippen molar-refractivity contribution < 1.29 is 17.9 Å². The van der Waals surface area contributed by atoms with Crippen LogP contribution in [0.25, 0.3) is 0 Å². The third-order valence-corrected chi connectivity index (χ3v) is 6.58. The molecule has 0 aliphatic carbocycles. The fraction of sp³-hybridized carbons (Fsp3) is 0.588. The molecule has 1 fully saturated rings. The highest BCUT2D eigenvalue weighted by Crippen LogP contribution is 2.29. The smallest absolute Gasteiger partial charge is 0.243 e. The highest BCUT2D eigenvalue weighted by molar-refractivity contribution is 7.92. The Balaban J connectivity index is 1.98. The lowest BCUT2D eigenvalue weighted by molar-refractivity contribution is -0.133. The number of rotatable bonds is 6. The van der Waals surface area contributed by atoms with E-state index in [1.165, 1.54) is 4.90 Å². The third kappa shape index (κ3) is 4.08. The van der Waals surface area contributed by atoms with Crippen LogP contribution >= 0.6 is 0 Å². The first-order valence-corrected chi connectivity index (χ1v) is 10.0. The van der Waals surface area contributed by atoms with Gasteiger partial charge >= 0.3 is 0 Å². The number of nitrogens with zero attached hydrogens (tertiary/aromatic N) is 1. The van der Waals surface area contributed by atoms with Crippen molar-refractivity contribution in [3.05, 3.63) is 29.8 Å². The molecular formula is C17H26N2O4S. The van der Waals surface area contributed by atoms with Crippen molar-refractivity contribution in [1.82, 2.24) is 10.2 Å². The summed E-state index contributed by atoms with van der Waals surface area (Å²) in [5.41, 5.74) is 1.15. The van der Waals surface area contributed by atoms with Crippen molar-refractivity contribution in [1.29, 1.82) is 0 Å². The third-order valence-electron chi connectivity index (χ3n) is 4.57. The predicted octanol–water partition coefficient (Wildman–Crippen LogP) is 0.999. The van der Waals surface area contributed by atoms with E-state index in [1.54, 1.807) is 7.05 Å². The van der Waals surface area contributed by atoms with Crippen LogP contribution in [-0.2, 0) is 14.6 Å². The number of carbonyl (C=O) groups is 1. The maximum Gasteiger partial charge on any atom is 0.243 e. The molecule has 7 heteroatoms. The number of carbonyl (C=O) groups excluding carboxylic acids is 1. The Morgan fingerprint density at radius 3 is 2.38 bits per heavy atom. The van der Waals surface area contributed by atoms with E-state index in [9.17, 15) is 13.2 Å². The molecule has 1 aliphatic rings. The number of sulfone groups is 1. The molecule has 1 aromatic carbocycles. The average molecular weight is 354 g/mol. The van der Waals surface area contributed by atoms with Gasteiger partial charge in [-0.05, 0) is 45.0 Å². The number of ether oxygens (including phenoxy) is 1. The van der Waals surface area contributed by atoms with Gasteiger partial charge in [0.2, 0.25) is 5.91 Å². The summed E-state index contributed by atoms with van der Waals surface area (Å²) in [5, 5.41) is 3.11.